The maximum absolute atomic E-state index is 5.32. The van der Waals surface area contributed by atoms with Crippen LogP contribution in [0.2, 0.25) is 0 Å². The van der Waals surface area contributed by atoms with Gasteiger partial charge in [-0.15, -0.1) is 5.10 Å². The number of benzene rings is 1. The van der Waals surface area contributed by atoms with E-state index in [1.807, 2.05) is 10.9 Å². The Morgan fingerprint density at radius 3 is 2.81 bits per heavy atom. The van der Waals surface area contributed by atoms with Gasteiger partial charge in [-0.1, -0.05) is 41.1 Å². The first-order chi connectivity index (χ1) is 12.6. The second-order valence-corrected chi connectivity index (χ2v) is 7.30. The molecule has 1 aliphatic rings. The Bertz CT molecular complexity index is 726. The SMILES string of the molecule is COCc1ccccc1C=C(C)CN1C[C@@H](N(C)C)[C@@H](n2ccnn2)C1. The van der Waals surface area contributed by atoms with Gasteiger partial charge >= 0.3 is 0 Å². The molecule has 6 nitrogen and oxygen atoms in total. The molecule has 0 spiro atoms. The second-order valence-electron chi connectivity index (χ2n) is 7.30. The van der Waals surface area contributed by atoms with Crippen molar-refractivity contribution in [3.8, 4) is 0 Å². The molecule has 1 aromatic carbocycles. The molecule has 2 atom stereocenters. The summed E-state index contributed by atoms with van der Waals surface area (Å²) >= 11 is 0. The molecule has 0 saturated carbocycles. The summed E-state index contributed by atoms with van der Waals surface area (Å²) in [5.41, 5.74) is 3.82. The monoisotopic (exact) mass is 355 g/mol. The van der Waals surface area contributed by atoms with Crippen molar-refractivity contribution in [2.45, 2.75) is 25.6 Å². The number of ether oxygens (including phenoxy) is 1. The number of hydrogen-bond donors (Lipinski definition) is 0. The fraction of sp³-hybridized carbons (Fsp3) is 0.500. The molecule has 0 unspecified atom stereocenters. The van der Waals surface area contributed by atoms with Crippen LogP contribution in [0, 0.1) is 0 Å². The average molecular weight is 355 g/mol. The van der Waals surface area contributed by atoms with E-state index in [-0.39, 0.29) is 0 Å². The van der Waals surface area contributed by atoms with Gasteiger partial charge in [-0.25, -0.2) is 4.68 Å². The summed E-state index contributed by atoms with van der Waals surface area (Å²) in [4.78, 5) is 4.79. The molecule has 26 heavy (non-hydrogen) atoms. The van der Waals surface area contributed by atoms with Crippen molar-refractivity contribution in [3.63, 3.8) is 0 Å². The summed E-state index contributed by atoms with van der Waals surface area (Å²) in [6.07, 6.45) is 6.00. The predicted octanol–water partition coefficient (Wildman–Crippen LogP) is 2.31. The minimum Gasteiger partial charge on any atom is -0.380 e. The van der Waals surface area contributed by atoms with Gasteiger partial charge < -0.3 is 9.64 Å². The van der Waals surface area contributed by atoms with Crippen LogP contribution in [-0.2, 0) is 11.3 Å². The molecule has 1 aliphatic heterocycles. The van der Waals surface area contributed by atoms with Crippen LogP contribution in [0.3, 0.4) is 0 Å². The predicted molar refractivity (Wildman–Crippen MR) is 104 cm³/mol. The molecule has 2 aromatic rings. The van der Waals surface area contributed by atoms with Gasteiger partial charge in [-0.3, -0.25) is 4.90 Å². The maximum atomic E-state index is 5.32. The molecule has 1 saturated heterocycles. The molecule has 6 heteroatoms. The minimum absolute atomic E-state index is 0.334. The lowest BCUT2D eigenvalue weighted by atomic mass is 10.1. The van der Waals surface area contributed by atoms with E-state index < -0.39 is 0 Å². The smallest absolute Gasteiger partial charge is 0.0830 e. The van der Waals surface area contributed by atoms with Crippen molar-refractivity contribution in [3.05, 3.63) is 53.4 Å². The lowest BCUT2D eigenvalue weighted by Crippen LogP contribution is -2.36. The molecule has 1 aromatic heterocycles. The molecule has 2 heterocycles. The van der Waals surface area contributed by atoms with Gasteiger partial charge in [0.1, 0.15) is 0 Å². The van der Waals surface area contributed by atoms with E-state index >= 15 is 0 Å². The van der Waals surface area contributed by atoms with Gasteiger partial charge in [-0.2, -0.15) is 0 Å². The highest BCUT2D eigenvalue weighted by Crippen LogP contribution is 2.25. The summed E-state index contributed by atoms with van der Waals surface area (Å²) in [6, 6.07) is 9.19. The number of hydrogen-bond acceptors (Lipinski definition) is 5. The van der Waals surface area contributed by atoms with E-state index in [9.17, 15) is 0 Å². The molecule has 0 amide bonds. The first-order valence-corrected chi connectivity index (χ1v) is 9.07. The molecular formula is C20H29N5O. The molecule has 140 valence electrons. The quantitative estimate of drug-likeness (QED) is 0.763. The zero-order valence-electron chi connectivity index (χ0n) is 16.2. The summed E-state index contributed by atoms with van der Waals surface area (Å²) in [7, 11) is 6.02. The maximum Gasteiger partial charge on any atom is 0.0830 e. The van der Waals surface area contributed by atoms with Crippen molar-refractivity contribution >= 4 is 6.08 Å². The highest BCUT2D eigenvalue weighted by molar-refractivity contribution is 5.56. The Balaban J connectivity index is 1.71. The van der Waals surface area contributed by atoms with Gasteiger partial charge in [0, 0.05) is 39.0 Å². The Morgan fingerprint density at radius 1 is 1.31 bits per heavy atom. The van der Waals surface area contributed by atoms with Crippen LogP contribution in [-0.4, -0.2) is 71.7 Å². The first kappa shape index (κ1) is 18.8. The van der Waals surface area contributed by atoms with Gasteiger partial charge in [0.2, 0.25) is 0 Å². The number of likely N-dealkylation sites (tertiary alicyclic amines) is 1. The number of nitrogens with zero attached hydrogens (tertiary/aromatic N) is 5. The van der Waals surface area contributed by atoms with Crippen molar-refractivity contribution in [1.29, 1.82) is 0 Å². The van der Waals surface area contributed by atoms with Crippen LogP contribution in [0.15, 0.2) is 42.2 Å². The molecule has 0 bridgehead atoms. The molecule has 0 N–H and O–H groups in total. The molecule has 0 radical (unpaired) electrons. The first-order valence-electron chi connectivity index (χ1n) is 9.07. The lowest BCUT2D eigenvalue weighted by molar-refractivity contribution is 0.184. The van der Waals surface area contributed by atoms with E-state index in [1.165, 1.54) is 16.7 Å². The lowest BCUT2D eigenvalue weighted by Gasteiger charge is -2.24. The summed E-state index contributed by atoms with van der Waals surface area (Å²) < 4.78 is 7.32. The fourth-order valence-corrected chi connectivity index (χ4v) is 3.76. The van der Waals surface area contributed by atoms with Gasteiger partial charge in [0.15, 0.2) is 0 Å². The van der Waals surface area contributed by atoms with Crippen LogP contribution < -0.4 is 0 Å². The van der Waals surface area contributed by atoms with Gasteiger partial charge in [0.25, 0.3) is 0 Å². The van der Waals surface area contributed by atoms with E-state index in [0.29, 0.717) is 18.7 Å². The van der Waals surface area contributed by atoms with Crippen LogP contribution in [0.25, 0.3) is 6.08 Å². The van der Waals surface area contributed by atoms with Gasteiger partial charge in [0.05, 0.1) is 18.8 Å². The van der Waals surface area contributed by atoms with Gasteiger partial charge in [-0.05, 0) is 32.1 Å². The molecule has 3 rings (SSSR count). The topological polar surface area (TPSA) is 46.4 Å². The molecular weight excluding hydrogens is 326 g/mol. The Morgan fingerprint density at radius 2 is 2.12 bits per heavy atom. The second kappa shape index (κ2) is 8.58. The van der Waals surface area contributed by atoms with Crippen LogP contribution in [0.4, 0.5) is 0 Å². The van der Waals surface area contributed by atoms with Crippen molar-refractivity contribution < 1.29 is 4.74 Å². The zero-order valence-corrected chi connectivity index (χ0v) is 16.2. The Hall–Kier alpha value is -2.02. The number of rotatable bonds is 7. The minimum atomic E-state index is 0.334. The van der Waals surface area contributed by atoms with Crippen LogP contribution in [0.1, 0.15) is 24.1 Å². The average Bonchev–Trinajstić information content (AvgIpc) is 3.26. The number of methoxy groups -OCH3 is 1. The highest BCUT2D eigenvalue weighted by atomic mass is 16.5. The normalized spacial score (nSPS) is 21.7. The number of aromatic nitrogens is 3. The molecule has 0 aliphatic carbocycles. The van der Waals surface area contributed by atoms with E-state index in [4.69, 9.17) is 4.74 Å². The van der Waals surface area contributed by atoms with Crippen molar-refractivity contribution in [2.75, 3.05) is 40.8 Å². The van der Waals surface area contributed by atoms with E-state index in [2.05, 4.69) is 71.5 Å². The summed E-state index contributed by atoms with van der Waals surface area (Å²) in [6.45, 7) is 5.81. The van der Waals surface area contributed by atoms with E-state index in [1.54, 1.807) is 13.3 Å². The third kappa shape index (κ3) is 4.38. The summed E-state index contributed by atoms with van der Waals surface area (Å²) in [5.74, 6) is 0. The standard InChI is InChI=1S/C20H29N5O/c1-16(11-17-7-5-6-8-18(17)15-26-4)12-24-13-19(23(2)3)20(14-24)25-10-9-21-22-25/h5-11,19-20H,12-15H2,1-4H3/t19-,20+/m1/s1. The number of likely N-dealkylation sites (N-methyl/N-ethyl adjacent to an activating group) is 1. The largest absolute Gasteiger partial charge is 0.380 e. The van der Waals surface area contributed by atoms with E-state index in [0.717, 1.165) is 19.6 Å². The third-order valence-electron chi connectivity index (χ3n) is 5.01. The zero-order chi connectivity index (χ0) is 18.5. The Kier molecular flexibility index (Phi) is 6.19. The fourth-order valence-electron chi connectivity index (χ4n) is 3.76. The van der Waals surface area contributed by atoms with Crippen LogP contribution >= 0.6 is 0 Å². The Labute approximate surface area is 156 Å². The summed E-state index contributed by atoms with van der Waals surface area (Å²) in [5, 5.41) is 8.21. The van der Waals surface area contributed by atoms with Crippen molar-refractivity contribution in [2.24, 2.45) is 0 Å². The van der Waals surface area contributed by atoms with Crippen LogP contribution in [0.5, 0.6) is 0 Å². The third-order valence-corrected chi connectivity index (χ3v) is 5.01. The van der Waals surface area contributed by atoms with Crippen molar-refractivity contribution in [1.82, 2.24) is 24.8 Å². The highest BCUT2D eigenvalue weighted by Gasteiger charge is 2.35. The molecule has 1 fully saturated rings.